The number of likely N-dealkylation sites (N-methyl/N-ethyl adjacent to an activating group) is 1. The molecule has 2 rings (SSSR count). The zero-order chi connectivity index (χ0) is 16.5. The van der Waals surface area contributed by atoms with Crippen molar-refractivity contribution in [2.24, 2.45) is 0 Å². The van der Waals surface area contributed by atoms with Crippen molar-refractivity contribution in [3.8, 4) is 0 Å². The van der Waals surface area contributed by atoms with Crippen molar-refractivity contribution < 1.29 is 21.6 Å². The van der Waals surface area contributed by atoms with Crippen LogP contribution in [0.1, 0.15) is 18.5 Å². The molecule has 0 bridgehead atoms. The van der Waals surface area contributed by atoms with Gasteiger partial charge >= 0.3 is 6.18 Å². The van der Waals surface area contributed by atoms with Crippen LogP contribution >= 0.6 is 0 Å². The van der Waals surface area contributed by atoms with Gasteiger partial charge in [-0.15, -0.1) is 0 Å². The lowest BCUT2D eigenvalue weighted by Crippen LogP contribution is -2.48. The third-order valence-electron chi connectivity index (χ3n) is 3.78. The average Bonchev–Trinajstić information content (AvgIpc) is 2.45. The van der Waals surface area contributed by atoms with Gasteiger partial charge in [-0.05, 0) is 25.0 Å². The number of nitrogens with zero attached hydrogens (tertiary/aromatic N) is 3. The molecule has 5 nitrogen and oxygen atoms in total. The van der Waals surface area contributed by atoms with Crippen LogP contribution < -0.4 is 4.90 Å². The van der Waals surface area contributed by atoms with E-state index in [0.717, 1.165) is 12.3 Å². The maximum absolute atomic E-state index is 12.7. The molecule has 0 aliphatic carbocycles. The number of pyridine rings is 1. The number of hydrogen-bond donors (Lipinski definition) is 0. The Balaban J connectivity index is 2.20. The van der Waals surface area contributed by atoms with E-state index in [1.807, 2.05) is 0 Å². The van der Waals surface area contributed by atoms with Crippen molar-refractivity contribution in [1.29, 1.82) is 0 Å². The Morgan fingerprint density at radius 3 is 2.64 bits per heavy atom. The van der Waals surface area contributed by atoms with Crippen LogP contribution in [0.3, 0.4) is 0 Å². The Labute approximate surface area is 127 Å². The van der Waals surface area contributed by atoms with Crippen LogP contribution in [0.5, 0.6) is 0 Å². The molecule has 1 aromatic rings. The summed E-state index contributed by atoms with van der Waals surface area (Å²) in [6.07, 6.45) is -2.00. The van der Waals surface area contributed by atoms with E-state index in [0.29, 0.717) is 25.9 Å². The van der Waals surface area contributed by atoms with Crippen LogP contribution in [0.2, 0.25) is 0 Å². The molecule has 0 radical (unpaired) electrons. The lowest BCUT2D eigenvalue weighted by molar-refractivity contribution is -0.141. The number of anilines is 1. The van der Waals surface area contributed by atoms with Crippen LogP contribution in [-0.4, -0.2) is 50.1 Å². The van der Waals surface area contributed by atoms with E-state index in [2.05, 4.69) is 4.98 Å². The third kappa shape index (κ3) is 3.89. The van der Waals surface area contributed by atoms with Gasteiger partial charge in [0.2, 0.25) is 10.0 Å². The van der Waals surface area contributed by atoms with Gasteiger partial charge in [0, 0.05) is 26.2 Å². The lowest BCUT2D eigenvalue weighted by atomic mass is 10.1. The second-order valence-corrected chi connectivity index (χ2v) is 7.44. The van der Waals surface area contributed by atoms with Gasteiger partial charge in [-0.25, -0.2) is 17.7 Å². The predicted octanol–water partition coefficient (Wildman–Crippen LogP) is 1.96. The van der Waals surface area contributed by atoms with Crippen molar-refractivity contribution >= 4 is 15.8 Å². The second kappa shape index (κ2) is 6.04. The van der Waals surface area contributed by atoms with Gasteiger partial charge in [-0.1, -0.05) is 6.07 Å². The summed E-state index contributed by atoms with van der Waals surface area (Å²) < 4.78 is 62.7. The largest absolute Gasteiger partial charge is 0.433 e. The zero-order valence-corrected chi connectivity index (χ0v) is 13.2. The van der Waals surface area contributed by atoms with Crippen LogP contribution in [0.25, 0.3) is 0 Å². The first-order valence-corrected chi connectivity index (χ1v) is 8.66. The molecular weight excluding hydrogens is 319 g/mol. The summed E-state index contributed by atoms with van der Waals surface area (Å²) in [7, 11) is -1.84. The van der Waals surface area contributed by atoms with E-state index in [9.17, 15) is 21.6 Å². The van der Waals surface area contributed by atoms with Crippen LogP contribution in [0, 0.1) is 0 Å². The molecule has 1 unspecified atom stereocenters. The first-order valence-electron chi connectivity index (χ1n) is 6.81. The zero-order valence-electron chi connectivity index (χ0n) is 12.3. The molecule has 1 aliphatic heterocycles. The summed E-state index contributed by atoms with van der Waals surface area (Å²) in [6, 6.07) is 3.49. The van der Waals surface area contributed by atoms with Gasteiger partial charge < -0.3 is 4.90 Å². The van der Waals surface area contributed by atoms with Crippen molar-refractivity contribution in [2.45, 2.75) is 25.1 Å². The van der Waals surface area contributed by atoms with Gasteiger partial charge in [0.15, 0.2) is 0 Å². The highest BCUT2D eigenvalue weighted by molar-refractivity contribution is 7.88. The normalized spacial score (nSPS) is 20.5. The number of rotatable bonds is 3. The van der Waals surface area contributed by atoms with E-state index in [1.54, 1.807) is 4.90 Å². The second-order valence-electron chi connectivity index (χ2n) is 5.40. The van der Waals surface area contributed by atoms with Gasteiger partial charge in [0.25, 0.3) is 0 Å². The van der Waals surface area contributed by atoms with Crippen molar-refractivity contribution in [3.63, 3.8) is 0 Å². The Kier molecular flexibility index (Phi) is 4.67. The fourth-order valence-electron chi connectivity index (χ4n) is 2.49. The minimum absolute atomic E-state index is 0.224. The SMILES string of the molecule is CN(C1CCCN(c2cccc(C(F)(F)F)n2)C1)S(C)(=O)=O. The highest BCUT2D eigenvalue weighted by Crippen LogP contribution is 2.30. The minimum atomic E-state index is -4.49. The van der Waals surface area contributed by atoms with E-state index in [4.69, 9.17) is 0 Å². The first kappa shape index (κ1) is 17.0. The molecule has 0 amide bonds. The maximum atomic E-state index is 12.7. The van der Waals surface area contributed by atoms with E-state index in [-0.39, 0.29) is 11.9 Å². The first-order chi connectivity index (χ1) is 10.1. The number of aromatic nitrogens is 1. The average molecular weight is 337 g/mol. The van der Waals surface area contributed by atoms with E-state index < -0.39 is 21.9 Å². The number of sulfonamides is 1. The monoisotopic (exact) mass is 337 g/mol. The molecule has 9 heteroatoms. The molecule has 0 aromatic carbocycles. The highest BCUT2D eigenvalue weighted by atomic mass is 32.2. The molecule has 1 atom stereocenters. The van der Waals surface area contributed by atoms with Gasteiger partial charge in [0.05, 0.1) is 6.26 Å². The van der Waals surface area contributed by atoms with Crippen LogP contribution in [-0.2, 0) is 16.2 Å². The fraction of sp³-hybridized carbons (Fsp3) is 0.615. The van der Waals surface area contributed by atoms with Crippen LogP contribution in [0.15, 0.2) is 18.2 Å². The minimum Gasteiger partial charge on any atom is -0.355 e. The standard InChI is InChI=1S/C13H18F3N3O2S/c1-18(22(2,20)21)10-5-4-8-19(9-10)12-7-3-6-11(17-12)13(14,15)16/h3,6-7,10H,4-5,8-9H2,1-2H3. The summed E-state index contributed by atoms with van der Waals surface area (Å²) in [4.78, 5) is 5.36. The molecular formula is C13H18F3N3O2S. The highest BCUT2D eigenvalue weighted by Gasteiger charge is 2.34. The Morgan fingerprint density at radius 1 is 1.36 bits per heavy atom. The quantitative estimate of drug-likeness (QED) is 0.846. The topological polar surface area (TPSA) is 53.5 Å². The van der Waals surface area contributed by atoms with Crippen molar-refractivity contribution in [3.05, 3.63) is 23.9 Å². The molecule has 0 saturated carbocycles. The molecule has 1 aliphatic rings. The molecule has 2 heterocycles. The van der Waals surface area contributed by atoms with Crippen molar-refractivity contribution in [2.75, 3.05) is 31.3 Å². The molecule has 0 N–H and O–H groups in total. The molecule has 1 fully saturated rings. The summed E-state index contributed by atoms with van der Waals surface area (Å²) in [5.41, 5.74) is -0.941. The summed E-state index contributed by atoms with van der Waals surface area (Å²) in [5.74, 6) is 0.224. The van der Waals surface area contributed by atoms with Gasteiger partial charge in [0.1, 0.15) is 11.5 Å². The van der Waals surface area contributed by atoms with E-state index in [1.165, 1.54) is 23.5 Å². The number of alkyl halides is 3. The summed E-state index contributed by atoms with van der Waals surface area (Å²) in [5, 5.41) is 0. The number of piperidine rings is 1. The maximum Gasteiger partial charge on any atom is 0.433 e. The summed E-state index contributed by atoms with van der Waals surface area (Å²) in [6.45, 7) is 0.889. The predicted molar refractivity (Wildman–Crippen MR) is 77.1 cm³/mol. The van der Waals surface area contributed by atoms with Crippen LogP contribution in [0.4, 0.5) is 19.0 Å². The lowest BCUT2D eigenvalue weighted by Gasteiger charge is -2.37. The fourth-order valence-corrected chi connectivity index (χ4v) is 3.20. The molecule has 124 valence electrons. The van der Waals surface area contributed by atoms with E-state index >= 15 is 0 Å². The Hall–Kier alpha value is -1.35. The molecule has 22 heavy (non-hydrogen) atoms. The molecule has 1 aromatic heterocycles. The van der Waals surface area contributed by atoms with Gasteiger partial charge in [-0.2, -0.15) is 13.2 Å². The molecule has 0 spiro atoms. The number of halogens is 3. The summed E-state index contributed by atoms with van der Waals surface area (Å²) >= 11 is 0. The Bertz CT molecular complexity index is 634. The van der Waals surface area contributed by atoms with Crippen molar-refractivity contribution in [1.82, 2.24) is 9.29 Å². The Morgan fingerprint density at radius 2 is 2.05 bits per heavy atom. The van der Waals surface area contributed by atoms with Gasteiger partial charge in [-0.3, -0.25) is 0 Å². The molecule has 1 saturated heterocycles. The number of hydrogen-bond acceptors (Lipinski definition) is 4. The smallest absolute Gasteiger partial charge is 0.355 e. The third-order valence-corrected chi connectivity index (χ3v) is 5.13.